The number of carbonyl (C=O) groups excluding carboxylic acids is 1. The number of halogens is 2. The number of methoxy groups -OCH3 is 1. The highest BCUT2D eigenvalue weighted by molar-refractivity contribution is 6.36. The molecule has 6 heteroatoms. The SMILES string of the molecule is C=C(Cl)C(=C(F)CCCC)c1noc(C)c1C(=O)OC. The van der Waals surface area contributed by atoms with Crippen LogP contribution in [0.2, 0.25) is 0 Å². The third-order valence-corrected chi connectivity index (χ3v) is 2.97. The number of carbonyl (C=O) groups is 1. The molecule has 0 unspecified atom stereocenters. The Kier molecular flexibility index (Phi) is 5.95. The van der Waals surface area contributed by atoms with Crippen molar-refractivity contribution in [3.8, 4) is 0 Å². The van der Waals surface area contributed by atoms with E-state index in [1.807, 2.05) is 6.92 Å². The fraction of sp³-hybridized carbons (Fsp3) is 0.429. The Labute approximate surface area is 122 Å². The van der Waals surface area contributed by atoms with Gasteiger partial charge in [-0.1, -0.05) is 36.7 Å². The summed E-state index contributed by atoms with van der Waals surface area (Å²) in [5, 5.41) is 3.69. The summed E-state index contributed by atoms with van der Waals surface area (Å²) in [6, 6.07) is 0. The van der Waals surface area contributed by atoms with Crippen LogP contribution in [-0.2, 0) is 4.74 Å². The van der Waals surface area contributed by atoms with E-state index in [2.05, 4.69) is 16.5 Å². The monoisotopic (exact) mass is 301 g/mol. The van der Waals surface area contributed by atoms with Crippen LogP contribution in [-0.4, -0.2) is 18.2 Å². The van der Waals surface area contributed by atoms with Gasteiger partial charge in [0.1, 0.15) is 22.8 Å². The molecule has 1 aromatic heterocycles. The lowest BCUT2D eigenvalue weighted by atomic mass is 10.0. The second-order valence-corrected chi connectivity index (χ2v) is 4.70. The van der Waals surface area contributed by atoms with Crippen LogP contribution < -0.4 is 0 Å². The number of nitrogens with zero attached hydrogens (tertiary/aromatic N) is 1. The lowest BCUT2D eigenvalue weighted by Crippen LogP contribution is -2.06. The normalized spacial score (nSPS) is 12.1. The van der Waals surface area contributed by atoms with Gasteiger partial charge in [0.2, 0.25) is 0 Å². The minimum Gasteiger partial charge on any atom is -0.465 e. The molecule has 0 atom stereocenters. The van der Waals surface area contributed by atoms with Crippen molar-refractivity contribution in [3.05, 3.63) is 34.5 Å². The molecular formula is C14H17ClFNO3. The lowest BCUT2D eigenvalue weighted by Gasteiger charge is -2.07. The predicted molar refractivity (Wildman–Crippen MR) is 75.1 cm³/mol. The van der Waals surface area contributed by atoms with Gasteiger partial charge in [-0.25, -0.2) is 9.18 Å². The summed E-state index contributed by atoms with van der Waals surface area (Å²) in [5.41, 5.74) is 0.0938. The van der Waals surface area contributed by atoms with Gasteiger partial charge in [0.25, 0.3) is 0 Å². The van der Waals surface area contributed by atoms with Crippen molar-refractivity contribution in [2.75, 3.05) is 7.11 Å². The fourth-order valence-electron chi connectivity index (χ4n) is 1.75. The van der Waals surface area contributed by atoms with Crippen LogP contribution in [0.4, 0.5) is 4.39 Å². The molecule has 0 saturated carbocycles. The minimum absolute atomic E-state index is 0.00244. The van der Waals surface area contributed by atoms with Crippen LogP contribution in [0.25, 0.3) is 5.57 Å². The molecule has 0 amide bonds. The van der Waals surface area contributed by atoms with Crippen LogP contribution in [0.15, 0.2) is 22.0 Å². The summed E-state index contributed by atoms with van der Waals surface area (Å²) in [6.45, 7) is 7.02. The number of allylic oxidation sites excluding steroid dienone is 3. The maximum absolute atomic E-state index is 14.2. The maximum atomic E-state index is 14.2. The van der Waals surface area contributed by atoms with Gasteiger partial charge in [0.05, 0.1) is 12.7 Å². The largest absolute Gasteiger partial charge is 0.465 e. The average Bonchev–Trinajstić information content (AvgIpc) is 2.77. The van der Waals surface area contributed by atoms with E-state index in [1.165, 1.54) is 7.11 Å². The molecule has 0 spiro atoms. The molecular weight excluding hydrogens is 285 g/mol. The second-order valence-electron chi connectivity index (χ2n) is 4.24. The Hall–Kier alpha value is -1.62. The number of ether oxygens (including phenoxy) is 1. The van der Waals surface area contributed by atoms with E-state index in [0.29, 0.717) is 6.42 Å². The zero-order chi connectivity index (χ0) is 15.3. The molecule has 0 aromatic carbocycles. The van der Waals surface area contributed by atoms with Crippen LogP contribution in [0.5, 0.6) is 0 Å². The van der Waals surface area contributed by atoms with E-state index in [9.17, 15) is 9.18 Å². The molecule has 0 aliphatic heterocycles. The van der Waals surface area contributed by atoms with Crippen molar-refractivity contribution in [2.45, 2.75) is 33.1 Å². The summed E-state index contributed by atoms with van der Waals surface area (Å²) >= 11 is 5.86. The summed E-state index contributed by atoms with van der Waals surface area (Å²) in [4.78, 5) is 11.7. The number of unbranched alkanes of at least 4 members (excludes halogenated alkanes) is 1. The van der Waals surface area contributed by atoms with E-state index >= 15 is 0 Å². The number of aryl methyl sites for hydroxylation is 1. The van der Waals surface area contributed by atoms with Crippen LogP contribution in [0, 0.1) is 6.92 Å². The van der Waals surface area contributed by atoms with E-state index in [4.69, 9.17) is 16.1 Å². The molecule has 0 N–H and O–H groups in total. The van der Waals surface area contributed by atoms with Gasteiger partial charge in [0, 0.05) is 5.03 Å². The molecule has 0 bridgehead atoms. The highest BCUT2D eigenvalue weighted by atomic mass is 35.5. The minimum atomic E-state index is -0.655. The first-order chi connectivity index (χ1) is 9.43. The smallest absolute Gasteiger partial charge is 0.343 e. The molecule has 1 heterocycles. The van der Waals surface area contributed by atoms with Crippen LogP contribution in [0.1, 0.15) is 48.0 Å². The van der Waals surface area contributed by atoms with E-state index in [-0.39, 0.29) is 34.0 Å². The highest BCUT2D eigenvalue weighted by Gasteiger charge is 2.26. The van der Waals surface area contributed by atoms with Gasteiger partial charge >= 0.3 is 5.97 Å². The van der Waals surface area contributed by atoms with Gasteiger partial charge < -0.3 is 9.26 Å². The third-order valence-electron chi connectivity index (χ3n) is 2.78. The van der Waals surface area contributed by atoms with E-state index in [1.54, 1.807) is 6.92 Å². The standard InChI is InChI=1S/C14H17ClFNO3/c1-5-6-7-10(16)11(8(2)15)13-12(14(18)19-4)9(3)20-17-13/h2,5-7H2,1,3-4H3. The molecule has 20 heavy (non-hydrogen) atoms. The van der Waals surface area contributed by atoms with Gasteiger partial charge in [-0.2, -0.15) is 0 Å². The number of hydrogen-bond donors (Lipinski definition) is 0. The van der Waals surface area contributed by atoms with Crippen molar-refractivity contribution in [3.63, 3.8) is 0 Å². The third kappa shape index (κ3) is 3.48. The summed E-state index contributed by atoms with van der Waals surface area (Å²) in [6.07, 6.45) is 1.69. The fourth-order valence-corrected chi connectivity index (χ4v) is 1.94. The Bertz CT molecular complexity index is 549. The van der Waals surface area contributed by atoms with Crippen LogP contribution >= 0.6 is 11.6 Å². The van der Waals surface area contributed by atoms with Crippen molar-refractivity contribution >= 4 is 23.1 Å². The highest BCUT2D eigenvalue weighted by Crippen LogP contribution is 2.34. The number of rotatable bonds is 6. The molecule has 0 aliphatic rings. The lowest BCUT2D eigenvalue weighted by molar-refractivity contribution is 0.0598. The first kappa shape index (κ1) is 16.4. The average molecular weight is 302 g/mol. The molecule has 110 valence electrons. The van der Waals surface area contributed by atoms with Crippen molar-refractivity contribution in [1.29, 1.82) is 0 Å². The Morgan fingerprint density at radius 3 is 2.70 bits per heavy atom. The first-order valence-electron chi connectivity index (χ1n) is 6.22. The van der Waals surface area contributed by atoms with E-state index in [0.717, 1.165) is 6.42 Å². The topological polar surface area (TPSA) is 52.3 Å². The molecule has 0 aliphatic carbocycles. The predicted octanol–water partition coefficient (Wildman–Crippen LogP) is 4.39. The summed E-state index contributed by atoms with van der Waals surface area (Å²) < 4.78 is 23.9. The van der Waals surface area contributed by atoms with Crippen molar-refractivity contribution in [1.82, 2.24) is 5.16 Å². The molecule has 0 radical (unpaired) electrons. The van der Waals surface area contributed by atoms with Gasteiger partial charge in [-0.3, -0.25) is 0 Å². The number of esters is 1. The number of hydrogen-bond acceptors (Lipinski definition) is 4. The molecule has 4 nitrogen and oxygen atoms in total. The number of aromatic nitrogens is 1. The first-order valence-corrected chi connectivity index (χ1v) is 6.60. The molecule has 1 aromatic rings. The summed E-state index contributed by atoms with van der Waals surface area (Å²) in [7, 11) is 1.23. The molecule has 0 fully saturated rings. The van der Waals surface area contributed by atoms with Gasteiger partial charge in [-0.15, -0.1) is 0 Å². The summed E-state index contributed by atoms with van der Waals surface area (Å²) in [5.74, 6) is -0.881. The Morgan fingerprint density at radius 2 is 2.20 bits per heavy atom. The van der Waals surface area contributed by atoms with Crippen molar-refractivity contribution in [2.24, 2.45) is 0 Å². The second kappa shape index (κ2) is 7.24. The quantitative estimate of drug-likeness (QED) is 0.577. The maximum Gasteiger partial charge on any atom is 0.343 e. The zero-order valence-corrected chi connectivity index (χ0v) is 12.5. The van der Waals surface area contributed by atoms with Gasteiger partial charge in [0.15, 0.2) is 0 Å². The van der Waals surface area contributed by atoms with Crippen molar-refractivity contribution < 1.29 is 18.4 Å². The van der Waals surface area contributed by atoms with Crippen LogP contribution in [0.3, 0.4) is 0 Å². The zero-order valence-electron chi connectivity index (χ0n) is 11.8. The molecule has 0 saturated heterocycles. The van der Waals surface area contributed by atoms with E-state index < -0.39 is 11.8 Å². The molecule has 1 rings (SSSR count). The Balaban J connectivity index is 3.37. The Morgan fingerprint density at radius 1 is 1.55 bits per heavy atom. The van der Waals surface area contributed by atoms with Gasteiger partial charge in [-0.05, 0) is 19.8 Å².